The Hall–Kier alpha value is -3.55. The van der Waals surface area contributed by atoms with Gasteiger partial charge in [-0.25, -0.2) is 4.79 Å². The van der Waals surface area contributed by atoms with E-state index in [2.05, 4.69) is 5.32 Å². The Morgan fingerprint density at radius 2 is 1.68 bits per heavy atom. The second-order valence-electron chi connectivity index (χ2n) is 6.87. The van der Waals surface area contributed by atoms with Crippen LogP contribution in [0.1, 0.15) is 30.1 Å². The first kappa shape index (κ1) is 22.1. The Kier molecular flexibility index (Phi) is 7.86. The van der Waals surface area contributed by atoms with Crippen LogP contribution in [0, 0.1) is 0 Å². The Labute approximate surface area is 181 Å². The number of carbonyl (C=O) groups is 3. The summed E-state index contributed by atoms with van der Waals surface area (Å²) in [5.41, 5.74) is 1.08. The first-order valence-electron chi connectivity index (χ1n) is 10.3. The smallest absolute Gasteiger partial charge is 0.338 e. The predicted octanol–water partition coefficient (Wildman–Crippen LogP) is 2.56. The lowest BCUT2D eigenvalue weighted by Crippen LogP contribution is -2.32. The molecule has 0 aliphatic carbocycles. The van der Waals surface area contributed by atoms with Crippen LogP contribution in [0.5, 0.6) is 11.5 Å². The average Bonchev–Trinajstić information content (AvgIpc) is 3.22. The zero-order valence-corrected chi connectivity index (χ0v) is 17.5. The molecule has 1 fully saturated rings. The van der Waals surface area contributed by atoms with Crippen LogP contribution < -0.4 is 19.7 Å². The van der Waals surface area contributed by atoms with E-state index in [-0.39, 0.29) is 25.7 Å². The third-order valence-electron chi connectivity index (χ3n) is 4.65. The van der Waals surface area contributed by atoms with Crippen molar-refractivity contribution in [3.63, 3.8) is 0 Å². The van der Waals surface area contributed by atoms with Crippen molar-refractivity contribution in [3.8, 4) is 11.5 Å². The molecule has 0 unspecified atom stereocenters. The zero-order chi connectivity index (χ0) is 22.1. The van der Waals surface area contributed by atoms with Crippen molar-refractivity contribution in [2.75, 3.05) is 37.8 Å². The van der Waals surface area contributed by atoms with Crippen LogP contribution in [-0.4, -0.2) is 50.7 Å². The molecule has 8 heteroatoms. The van der Waals surface area contributed by atoms with Crippen molar-refractivity contribution in [1.82, 2.24) is 5.32 Å². The molecule has 2 aromatic carbocycles. The van der Waals surface area contributed by atoms with E-state index in [4.69, 9.17) is 14.2 Å². The fourth-order valence-corrected chi connectivity index (χ4v) is 3.12. The summed E-state index contributed by atoms with van der Waals surface area (Å²) in [6, 6.07) is 13.8. The number of benzene rings is 2. The van der Waals surface area contributed by atoms with Crippen LogP contribution in [-0.2, 0) is 14.3 Å². The number of hydrogen-bond acceptors (Lipinski definition) is 6. The van der Waals surface area contributed by atoms with Gasteiger partial charge < -0.3 is 24.4 Å². The quantitative estimate of drug-likeness (QED) is 0.464. The number of nitrogens with one attached hydrogen (secondary N) is 1. The lowest BCUT2D eigenvalue weighted by atomic mass is 10.2. The van der Waals surface area contributed by atoms with E-state index in [1.807, 2.05) is 19.1 Å². The van der Waals surface area contributed by atoms with Gasteiger partial charge in [0.2, 0.25) is 5.91 Å². The molecule has 0 saturated carbocycles. The van der Waals surface area contributed by atoms with Crippen LogP contribution in [0.3, 0.4) is 0 Å². The van der Waals surface area contributed by atoms with Crippen molar-refractivity contribution in [3.05, 3.63) is 54.1 Å². The van der Waals surface area contributed by atoms with Gasteiger partial charge in [0.15, 0.2) is 6.61 Å². The molecule has 2 aromatic rings. The SMILES string of the molecule is CCOc1ccc(OCCNC(=O)COC(=O)c2ccc(N3CCCC3=O)cc2)cc1. The number of rotatable bonds is 10. The standard InChI is InChI=1S/C23H26N2O6/c1-2-29-19-9-11-20(12-10-19)30-15-13-24-21(26)16-31-23(28)17-5-7-18(8-6-17)25-14-3-4-22(25)27/h5-12H,2-4,13-16H2,1H3,(H,24,26). The van der Waals surface area contributed by atoms with Crippen molar-refractivity contribution in [2.45, 2.75) is 19.8 Å². The monoisotopic (exact) mass is 426 g/mol. The molecule has 1 heterocycles. The number of nitrogens with zero attached hydrogens (tertiary/aromatic N) is 1. The van der Waals surface area contributed by atoms with E-state index in [0.717, 1.165) is 17.9 Å². The van der Waals surface area contributed by atoms with Crippen molar-refractivity contribution < 1.29 is 28.6 Å². The van der Waals surface area contributed by atoms with Crippen LogP contribution in [0.25, 0.3) is 0 Å². The summed E-state index contributed by atoms with van der Waals surface area (Å²) in [5, 5.41) is 2.63. The number of ether oxygens (including phenoxy) is 3. The lowest BCUT2D eigenvalue weighted by Gasteiger charge is -2.15. The minimum absolute atomic E-state index is 0.0819. The normalized spacial score (nSPS) is 13.1. The van der Waals surface area contributed by atoms with Crippen molar-refractivity contribution in [2.24, 2.45) is 0 Å². The Bertz CT molecular complexity index is 895. The molecule has 0 aromatic heterocycles. The number of amides is 2. The summed E-state index contributed by atoms with van der Waals surface area (Å²) in [5.74, 6) is 0.508. The average molecular weight is 426 g/mol. The Balaban J connectivity index is 1.34. The largest absolute Gasteiger partial charge is 0.494 e. The highest BCUT2D eigenvalue weighted by molar-refractivity contribution is 5.96. The van der Waals surface area contributed by atoms with E-state index in [0.29, 0.717) is 30.9 Å². The Morgan fingerprint density at radius 1 is 1.00 bits per heavy atom. The van der Waals surface area contributed by atoms with E-state index >= 15 is 0 Å². The molecule has 8 nitrogen and oxygen atoms in total. The molecule has 1 N–H and O–H groups in total. The predicted molar refractivity (Wildman–Crippen MR) is 114 cm³/mol. The molecule has 0 radical (unpaired) electrons. The molecule has 0 bridgehead atoms. The molecule has 1 aliphatic heterocycles. The summed E-state index contributed by atoms with van der Waals surface area (Å²) in [6.45, 7) is 3.38. The second kappa shape index (κ2) is 11.0. The van der Waals surface area contributed by atoms with E-state index in [1.54, 1.807) is 41.3 Å². The third-order valence-corrected chi connectivity index (χ3v) is 4.65. The highest BCUT2D eigenvalue weighted by Gasteiger charge is 2.21. The van der Waals surface area contributed by atoms with Crippen LogP contribution >= 0.6 is 0 Å². The van der Waals surface area contributed by atoms with E-state index < -0.39 is 11.9 Å². The van der Waals surface area contributed by atoms with Gasteiger partial charge in [-0.15, -0.1) is 0 Å². The number of esters is 1. The van der Waals surface area contributed by atoms with E-state index in [9.17, 15) is 14.4 Å². The lowest BCUT2D eigenvalue weighted by molar-refractivity contribution is -0.124. The molecule has 31 heavy (non-hydrogen) atoms. The van der Waals surface area contributed by atoms with Gasteiger partial charge in [-0.05, 0) is 61.9 Å². The maximum Gasteiger partial charge on any atom is 0.338 e. The van der Waals surface area contributed by atoms with Crippen LogP contribution in [0.4, 0.5) is 5.69 Å². The van der Waals surface area contributed by atoms with Crippen LogP contribution in [0.15, 0.2) is 48.5 Å². The van der Waals surface area contributed by atoms with Crippen LogP contribution in [0.2, 0.25) is 0 Å². The van der Waals surface area contributed by atoms with Crippen molar-refractivity contribution >= 4 is 23.5 Å². The fraction of sp³-hybridized carbons (Fsp3) is 0.348. The summed E-state index contributed by atoms with van der Waals surface area (Å²) in [6.07, 6.45) is 1.38. The summed E-state index contributed by atoms with van der Waals surface area (Å²) < 4.78 is 15.9. The zero-order valence-electron chi connectivity index (χ0n) is 17.5. The van der Waals surface area contributed by atoms with Gasteiger partial charge in [-0.3, -0.25) is 9.59 Å². The maximum absolute atomic E-state index is 12.1. The molecule has 1 saturated heterocycles. The maximum atomic E-state index is 12.1. The topological polar surface area (TPSA) is 94.2 Å². The van der Waals surface area contributed by atoms with Gasteiger partial charge in [-0.1, -0.05) is 0 Å². The molecular formula is C23H26N2O6. The summed E-state index contributed by atoms with van der Waals surface area (Å²) in [7, 11) is 0. The van der Waals surface area contributed by atoms with Crippen molar-refractivity contribution in [1.29, 1.82) is 0 Å². The molecule has 0 atom stereocenters. The highest BCUT2D eigenvalue weighted by Crippen LogP contribution is 2.22. The summed E-state index contributed by atoms with van der Waals surface area (Å²) in [4.78, 5) is 37.4. The molecule has 0 spiro atoms. The molecule has 3 rings (SSSR count). The van der Waals surface area contributed by atoms with Gasteiger partial charge in [0.05, 0.1) is 18.7 Å². The number of anilines is 1. The van der Waals surface area contributed by atoms with Gasteiger partial charge in [0, 0.05) is 18.7 Å². The molecular weight excluding hydrogens is 400 g/mol. The number of hydrogen-bond donors (Lipinski definition) is 1. The summed E-state index contributed by atoms with van der Waals surface area (Å²) >= 11 is 0. The third kappa shape index (κ3) is 6.47. The first-order chi connectivity index (χ1) is 15.1. The number of carbonyl (C=O) groups excluding carboxylic acids is 3. The molecule has 1 aliphatic rings. The molecule has 2 amide bonds. The molecule has 164 valence electrons. The highest BCUT2D eigenvalue weighted by atomic mass is 16.5. The first-order valence-corrected chi connectivity index (χ1v) is 10.3. The minimum Gasteiger partial charge on any atom is -0.494 e. The Morgan fingerprint density at radius 3 is 2.29 bits per heavy atom. The van der Waals surface area contributed by atoms with Gasteiger partial charge in [0.25, 0.3) is 5.91 Å². The second-order valence-corrected chi connectivity index (χ2v) is 6.87. The van der Waals surface area contributed by atoms with Gasteiger partial charge in [0.1, 0.15) is 18.1 Å². The minimum atomic E-state index is -0.597. The fourth-order valence-electron chi connectivity index (χ4n) is 3.12. The van der Waals surface area contributed by atoms with E-state index in [1.165, 1.54) is 0 Å². The van der Waals surface area contributed by atoms with Gasteiger partial charge >= 0.3 is 5.97 Å². The van der Waals surface area contributed by atoms with Gasteiger partial charge in [-0.2, -0.15) is 0 Å².